The zero-order valence-corrected chi connectivity index (χ0v) is 10.5. The average molecular weight is 236 g/mol. The third-order valence-corrected chi connectivity index (χ3v) is 3.61. The Bertz CT molecular complexity index is 378. The highest BCUT2D eigenvalue weighted by molar-refractivity contribution is 5.55. The van der Waals surface area contributed by atoms with Crippen LogP contribution in [-0.4, -0.2) is 19.1 Å². The van der Waals surface area contributed by atoms with Crippen molar-refractivity contribution in [3.05, 3.63) is 29.6 Å². The number of hydrogen-bond acceptors (Lipinski definition) is 2. The fourth-order valence-corrected chi connectivity index (χ4v) is 2.77. The minimum absolute atomic E-state index is 0.163. The van der Waals surface area contributed by atoms with Crippen LogP contribution in [0.3, 0.4) is 0 Å². The fraction of sp³-hybridized carbons (Fsp3) is 0.571. The van der Waals surface area contributed by atoms with Gasteiger partial charge in [0.15, 0.2) is 0 Å². The number of nitrogens with zero attached hydrogens (tertiary/aromatic N) is 1. The van der Waals surface area contributed by atoms with E-state index in [-0.39, 0.29) is 5.82 Å². The highest BCUT2D eigenvalue weighted by Gasteiger charge is 2.24. The Morgan fingerprint density at radius 3 is 3.00 bits per heavy atom. The van der Waals surface area contributed by atoms with Crippen molar-refractivity contribution in [3.63, 3.8) is 0 Å². The molecule has 3 heteroatoms. The number of rotatable bonds is 4. The van der Waals surface area contributed by atoms with Crippen molar-refractivity contribution in [1.29, 1.82) is 0 Å². The number of halogens is 1. The third-order valence-electron chi connectivity index (χ3n) is 3.61. The molecule has 0 spiro atoms. The van der Waals surface area contributed by atoms with Crippen molar-refractivity contribution in [2.75, 3.05) is 18.0 Å². The van der Waals surface area contributed by atoms with Crippen LogP contribution in [0.15, 0.2) is 18.2 Å². The summed E-state index contributed by atoms with van der Waals surface area (Å²) in [5.41, 5.74) is 7.83. The highest BCUT2D eigenvalue weighted by atomic mass is 19.1. The van der Waals surface area contributed by atoms with Crippen molar-refractivity contribution >= 4 is 5.69 Å². The second kappa shape index (κ2) is 5.50. The molecule has 0 aliphatic carbocycles. The first-order valence-electron chi connectivity index (χ1n) is 6.51. The summed E-state index contributed by atoms with van der Waals surface area (Å²) in [7, 11) is 0. The van der Waals surface area contributed by atoms with Gasteiger partial charge in [-0.15, -0.1) is 0 Å². The summed E-state index contributed by atoms with van der Waals surface area (Å²) in [5.74, 6) is -0.163. The molecular weight excluding hydrogens is 215 g/mol. The first-order chi connectivity index (χ1) is 8.26. The summed E-state index contributed by atoms with van der Waals surface area (Å²) in [6.07, 6.45) is 4.38. The zero-order chi connectivity index (χ0) is 12.3. The molecule has 1 aromatic carbocycles. The normalized spacial score (nSPS) is 19.9. The largest absolute Gasteiger partial charge is 0.368 e. The summed E-state index contributed by atoms with van der Waals surface area (Å²) >= 11 is 0. The lowest BCUT2D eigenvalue weighted by Gasteiger charge is -2.28. The summed E-state index contributed by atoms with van der Waals surface area (Å²) in [4.78, 5) is 2.42. The zero-order valence-electron chi connectivity index (χ0n) is 10.5. The Morgan fingerprint density at radius 1 is 1.47 bits per heavy atom. The van der Waals surface area contributed by atoms with E-state index in [0.717, 1.165) is 24.9 Å². The maximum Gasteiger partial charge on any atom is 0.123 e. The van der Waals surface area contributed by atoms with Gasteiger partial charge in [0.05, 0.1) is 0 Å². The van der Waals surface area contributed by atoms with E-state index in [2.05, 4.69) is 11.8 Å². The summed E-state index contributed by atoms with van der Waals surface area (Å²) in [6, 6.07) is 5.71. The third kappa shape index (κ3) is 2.60. The first kappa shape index (κ1) is 12.4. The smallest absolute Gasteiger partial charge is 0.123 e. The second-order valence-corrected chi connectivity index (χ2v) is 4.71. The first-order valence-corrected chi connectivity index (χ1v) is 6.51. The van der Waals surface area contributed by atoms with Gasteiger partial charge >= 0.3 is 0 Å². The lowest BCUT2D eigenvalue weighted by Crippen LogP contribution is -2.29. The van der Waals surface area contributed by atoms with Crippen molar-refractivity contribution in [2.45, 2.75) is 38.6 Å². The van der Waals surface area contributed by atoms with Gasteiger partial charge in [0.1, 0.15) is 5.82 Å². The van der Waals surface area contributed by atoms with Crippen molar-refractivity contribution in [2.24, 2.45) is 5.73 Å². The van der Waals surface area contributed by atoms with Crippen molar-refractivity contribution < 1.29 is 4.39 Å². The Hall–Kier alpha value is -1.09. The maximum absolute atomic E-state index is 13.3. The minimum atomic E-state index is -0.163. The van der Waals surface area contributed by atoms with Gasteiger partial charge in [0, 0.05) is 18.3 Å². The fourth-order valence-electron chi connectivity index (χ4n) is 2.77. The van der Waals surface area contributed by atoms with Gasteiger partial charge in [-0.2, -0.15) is 0 Å². The molecular formula is C14H21FN2. The highest BCUT2D eigenvalue weighted by Crippen LogP contribution is 2.30. The lowest BCUT2D eigenvalue weighted by atomic mass is 10.1. The van der Waals surface area contributed by atoms with Crippen LogP contribution in [0.2, 0.25) is 0 Å². The summed E-state index contributed by atoms with van der Waals surface area (Å²) in [6.45, 7) is 3.87. The van der Waals surface area contributed by atoms with Gasteiger partial charge in [-0.3, -0.25) is 0 Å². The van der Waals surface area contributed by atoms with Gasteiger partial charge in [-0.25, -0.2) is 4.39 Å². The van der Waals surface area contributed by atoms with E-state index >= 15 is 0 Å². The molecule has 0 saturated carbocycles. The van der Waals surface area contributed by atoms with Crippen LogP contribution in [0.4, 0.5) is 10.1 Å². The molecule has 0 radical (unpaired) electrons. The number of benzene rings is 1. The molecule has 1 unspecified atom stereocenters. The maximum atomic E-state index is 13.3. The molecule has 1 aromatic rings. The standard InChI is InChI=1S/C14H21FN2/c1-2-13-4-3-9-17(13)14-6-5-12(15)10-11(14)7-8-16/h5-6,10,13H,2-4,7-9,16H2,1H3. The Morgan fingerprint density at radius 2 is 2.29 bits per heavy atom. The van der Waals surface area contributed by atoms with Crippen molar-refractivity contribution in [1.82, 2.24) is 0 Å². The molecule has 0 aromatic heterocycles. The quantitative estimate of drug-likeness (QED) is 0.871. The van der Waals surface area contributed by atoms with Crippen LogP contribution in [0.25, 0.3) is 0 Å². The summed E-state index contributed by atoms with van der Waals surface area (Å²) in [5, 5.41) is 0. The minimum Gasteiger partial charge on any atom is -0.368 e. The van der Waals surface area contributed by atoms with E-state index in [1.165, 1.54) is 18.5 Å². The Balaban J connectivity index is 2.30. The van der Waals surface area contributed by atoms with Gasteiger partial charge in [0.2, 0.25) is 0 Å². The molecule has 0 amide bonds. The molecule has 1 saturated heterocycles. The van der Waals surface area contributed by atoms with Crippen molar-refractivity contribution in [3.8, 4) is 0 Å². The SMILES string of the molecule is CCC1CCCN1c1ccc(F)cc1CCN. The van der Waals surface area contributed by atoms with Crippen LogP contribution >= 0.6 is 0 Å². The molecule has 1 fully saturated rings. The molecule has 2 N–H and O–H groups in total. The van der Waals surface area contributed by atoms with Gasteiger partial charge < -0.3 is 10.6 Å². The lowest BCUT2D eigenvalue weighted by molar-refractivity contribution is 0.620. The number of nitrogens with two attached hydrogens (primary N) is 1. The molecule has 2 rings (SSSR count). The molecule has 1 heterocycles. The van der Waals surface area contributed by atoms with Crippen LogP contribution in [0.1, 0.15) is 31.7 Å². The molecule has 1 atom stereocenters. The second-order valence-electron chi connectivity index (χ2n) is 4.71. The predicted octanol–water partition coefficient (Wildman–Crippen LogP) is 2.71. The monoisotopic (exact) mass is 236 g/mol. The predicted molar refractivity (Wildman–Crippen MR) is 69.8 cm³/mol. The molecule has 94 valence electrons. The van der Waals surface area contributed by atoms with E-state index in [9.17, 15) is 4.39 Å². The molecule has 2 nitrogen and oxygen atoms in total. The van der Waals surface area contributed by atoms with Gasteiger partial charge in [-0.1, -0.05) is 6.92 Å². The molecule has 17 heavy (non-hydrogen) atoms. The van der Waals surface area contributed by atoms with E-state index in [4.69, 9.17) is 5.73 Å². The number of hydrogen-bond donors (Lipinski definition) is 1. The van der Waals surface area contributed by atoms with E-state index in [0.29, 0.717) is 12.6 Å². The summed E-state index contributed by atoms with van der Waals surface area (Å²) < 4.78 is 13.3. The van der Waals surface area contributed by atoms with Crippen LogP contribution in [0, 0.1) is 5.82 Å². The molecule has 0 bridgehead atoms. The van der Waals surface area contributed by atoms with Crippen LogP contribution < -0.4 is 10.6 Å². The molecule has 1 aliphatic rings. The average Bonchev–Trinajstić information content (AvgIpc) is 2.78. The van der Waals surface area contributed by atoms with Crippen LogP contribution in [-0.2, 0) is 6.42 Å². The van der Waals surface area contributed by atoms with E-state index in [1.54, 1.807) is 12.1 Å². The number of anilines is 1. The Kier molecular flexibility index (Phi) is 4.00. The van der Waals surface area contributed by atoms with Gasteiger partial charge in [-0.05, 0) is 56.0 Å². The topological polar surface area (TPSA) is 29.3 Å². The van der Waals surface area contributed by atoms with E-state index < -0.39 is 0 Å². The molecule has 1 aliphatic heterocycles. The van der Waals surface area contributed by atoms with E-state index in [1.807, 2.05) is 6.07 Å². The van der Waals surface area contributed by atoms with Crippen LogP contribution in [0.5, 0.6) is 0 Å². The Labute approximate surface area is 103 Å². The van der Waals surface area contributed by atoms with Gasteiger partial charge in [0.25, 0.3) is 0 Å².